The van der Waals surface area contributed by atoms with E-state index < -0.39 is 10.9 Å². The average Bonchev–Trinajstić information content (AvgIpc) is 3.23. The zero-order valence-electron chi connectivity index (χ0n) is 10.5. The van der Waals surface area contributed by atoms with Crippen LogP contribution in [0.4, 0.5) is 11.5 Å². The monoisotopic (exact) mass is 276 g/mol. The molecule has 1 fully saturated rings. The summed E-state index contributed by atoms with van der Waals surface area (Å²) < 4.78 is 0. The second-order valence-corrected chi connectivity index (χ2v) is 4.50. The van der Waals surface area contributed by atoms with Crippen LogP contribution < -0.4 is 4.90 Å². The van der Waals surface area contributed by atoms with Crippen LogP contribution in [0.25, 0.3) is 0 Å². The third-order valence-electron chi connectivity index (χ3n) is 3.01. The predicted molar refractivity (Wildman–Crippen MR) is 68.2 cm³/mol. The number of nitrogens with zero attached hydrogens (tertiary/aromatic N) is 4. The molecule has 0 spiro atoms. The van der Waals surface area contributed by atoms with E-state index in [0.29, 0.717) is 5.82 Å². The third-order valence-corrected chi connectivity index (χ3v) is 3.01. The molecule has 0 aliphatic heterocycles. The Labute approximate surface area is 114 Å². The van der Waals surface area contributed by atoms with Gasteiger partial charge in [0.15, 0.2) is 0 Å². The molecule has 1 aliphatic rings. The van der Waals surface area contributed by atoms with Crippen molar-refractivity contribution in [3.8, 4) is 6.07 Å². The highest BCUT2D eigenvalue weighted by atomic mass is 16.6. The number of nitriles is 1. The van der Waals surface area contributed by atoms with E-state index in [1.54, 1.807) is 4.90 Å². The van der Waals surface area contributed by atoms with Crippen molar-refractivity contribution in [1.82, 2.24) is 4.98 Å². The highest BCUT2D eigenvalue weighted by Crippen LogP contribution is 2.33. The Bertz CT molecular complexity index is 592. The van der Waals surface area contributed by atoms with Crippen LogP contribution in [0.5, 0.6) is 0 Å². The molecule has 8 nitrogen and oxygen atoms in total. The number of hydrogen-bond acceptors (Lipinski definition) is 6. The molecule has 104 valence electrons. The lowest BCUT2D eigenvalue weighted by Crippen LogP contribution is -2.30. The molecular weight excluding hydrogens is 264 g/mol. The van der Waals surface area contributed by atoms with Gasteiger partial charge in [0.1, 0.15) is 23.6 Å². The number of carbonyl (C=O) groups is 1. The van der Waals surface area contributed by atoms with Crippen LogP contribution in [0, 0.1) is 21.4 Å². The minimum Gasteiger partial charge on any atom is -0.481 e. The van der Waals surface area contributed by atoms with E-state index in [4.69, 9.17) is 10.4 Å². The largest absolute Gasteiger partial charge is 0.481 e. The molecule has 2 rings (SSSR count). The fraction of sp³-hybridized carbons (Fsp3) is 0.417. The quantitative estimate of drug-likeness (QED) is 0.614. The number of carboxylic acid groups (broad SMARTS) is 1. The van der Waals surface area contributed by atoms with E-state index in [2.05, 4.69) is 4.98 Å². The summed E-state index contributed by atoms with van der Waals surface area (Å²) in [6.07, 6.45) is 2.83. The number of aliphatic carboxylic acids is 1. The highest BCUT2D eigenvalue weighted by molar-refractivity contribution is 5.68. The maximum atomic E-state index is 10.7. The van der Waals surface area contributed by atoms with Crippen molar-refractivity contribution in [3.05, 3.63) is 27.9 Å². The fourth-order valence-electron chi connectivity index (χ4n) is 1.92. The molecule has 0 saturated heterocycles. The standard InChI is InChI=1S/C12H12N4O4/c13-6-8-5-10(16(19)20)7-14-12(8)15(9-1-2-9)4-3-11(17)18/h5,7,9H,1-4H2,(H,17,18). The van der Waals surface area contributed by atoms with E-state index in [1.165, 1.54) is 6.07 Å². The summed E-state index contributed by atoms with van der Waals surface area (Å²) in [5, 5.41) is 28.5. The lowest BCUT2D eigenvalue weighted by molar-refractivity contribution is -0.385. The summed E-state index contributed by atoms with van der Waals surface area (Å²) in [6, 6.07) is 3.21. The molecule has 0 atom stereocenters. The Morgan fingerprint density at radius 1 is 1.65 bits per heavy atom. The Hall–Kier alpha value is -2.69. The molecule has 1 aromatic heterocycles. The predicted octanol–water partition coefficient (Wildman–Crippen LogP) is 1.30. The number of nitro groups is 1. The minimum atomic E-state index is -0.934. The molecule has 1 heterocycles. The van der Waals surface area contributed by atoms with Crippen LogP contribution >= 0.6 is 0 Å². The smallest absolute Gasteiger partial charge is 0.305 e. The number of rotatable bonds is 6. The molecule has 0 unspecified atom stereocenters. The van der Waals surface area contributed by atoms with Crippen LogP contribution in [0.3, 0.4) is 0 Å². The van der Waals surface area contributed by atoms with E-state index >= 15 is 0 Å². The molecular formula is C12H12N4O4. The van der Waals surface area contributed by atoms with Gasteiger partial charge in [0.05, 0.1) is 11.3 Å². The summed E-state index contributed by atoms with van der Waals surface area (Å²) in [5.41, 5.74) is -0.157. The van der Waals surface area contributed by atoms with Crippen molar-refractivity contribution in [2.45, 2.75) is 25.3 Å². The molecule has 1 N–H and O–H groups in total. The van der Waals surface area contributed by atoms with Crippen LogP contribution in [0.2, 0.25) is 0 Å². The zero-order chi connectivity index (χ0) is 14.7. The number of pyridine rings is 1. The van der Waals surface area contributed by atoms with Gasteiger partial charge < -0.3 is 10.0 Å². The van der Waals surface area contributed by atoms with Gasteiger partial charge in [-0.3, -0.25) is 14.9 Å². The molecule has 20 heavy (non-hydrogen) atoms. The first-order valence-electron chi connectivity index (χ1n) is 6.06. The van der Waals surface area contributed by atoms with Crippen molar-refractivity contribution < 1.29 is 14.8 Å². The summed E-state index contributed by atoms with van der Waals surface area (Å²) >= 11 is 0. The zero-order valence-corrected chi connectivity index (χ0v) is 10.5. The Morgan fingerprint density at radius 3 is 2.85 bits per heavy atom. The van der Waals surface area contributed by atoms with Gasteiger partial charge in [0, 0.05) is 18.7 Å². The van der Waals surface area contributed by atoms with Gasteiger partial charge in [-0.15, -0.1) is 0 Å². The number of anilines is 1. The molecule has 1 aromatic rings. The van der Waals surface area contributed by atoms with Crippen molar-refractivity contribution in [1.29, 1.82) is 5.26 Å². The molecule has 1 aliphatic carbocycles. The Kier molecular flexibility index (Phi) is 3.79. The van der Waals surface area contributed by atoms with Crippen LogP contribution in [0.15, 0.2) is 12.3 Å². The minimum absolute atomic E-state index is 0.0694. The van der Waals surface area contributed by atoms with E-state index in [1.807, 2.05) is 6.07 Å². The summed E-state index contributed by atoms with van der Waals surface area (Å²) in [5.74, 6) is -0.613. The molecule has 0 radical (unpaired) electrons. The molecule has 1 saturated carbocycles. The molecule has 8 heteroatoms. The van der Waals surface area contributed by atoms with Crippen LogP contribution in [-0.2, 0) is 4.79 Å². The van der Waals surface area contributed by atoms with Crippen molar-refractivity contribution in [3.63, 3.8) is 0 Å². The van der Waals surface area contributed by atoms with Crippen LogP contribution in [0.1, 0.15) is 24.8 Å². The maximum absolute atomic E-state index is 10.7. The Balaban J connectivity index is 2.30. The first-order valence-corrected chi connectivity index (χ1v) is 6.06. The van der Waals surface area contributed by atoms with Gasteiger partial charge in [-0.1, -0.05) is 0 Å². The second kappa shape index (κ2) is 5.52. The average molecular weight is 276 g/mol. The van der Waals surface area contributed by atoms with Gasteiger partial charge in [-0.2, -0.15) is 5.26 Å². The molecule has 0 bridgehead atoms. The van der Waals surface area contributed by atoms with Gasteiger partial charge in [-0.25, -0.2) is 4.98 Å². The Morgan fingerprint density at radius 2 is 2.35 bits per heavy atom. The van der Waals surface area contributed by atoms with Crippen molar-refractivity contribution in [2.24, 2.45) is 0 Å². The first-order chi connectivity index (χ1) is 9.52. The summed E-state index contributed by atoms with van der Waals surface area (Å²) in [4.78, 5) is 26.5. The number of aromatic nitrogens is 1. The normalized spacial score (nSPS) is 13.6. The van der Waals surface area contributed by atoms with E-state index in [-0.39, 0.29) is 30.3 Å². The fourth-order valence-corrected chi connectivity index (χ4v) is 1.92. The lowest BCUT2D eigenvalue weighted by Gasteiger charge is -2.23. The van der Waals surface area contributed by atoms with Crippen molar-refractivity contribution >= 4 is 17.5 Å². The number of hydrogen-bond donors (Lipinski definition) is 1. The summed E-state index contributed by atoms with van der Waals surface area (Å²) in [6.45, 7) is 0.236. The topological polar surface area (TPSA) is 120 Å². The van der Waals surface area contributed by atoms with E-state index in [0.717, 1.165) is 19.0 Å². The van der Waals surface area contributed by atoms with Gasteiger partial charge in [0.25, 0.3) is 5.69 Å². The maximum Gasteiger partial charge on any atom is 0.305 e. The molecule has 0 aromatic carbocycles. The van der Waals surface area contributed by atoms with Crippen LogP contribution in [-0.4, -0.2) is 33.6 Å². The highest BCUT2D eigenvalue weighted by Gasteiger charge is 2.32. The van der Waals surface area contributed by atoms with Gasteiger partial charge in [0.2, 0.25) is 0 Å². The van der Waals surface area contributed by atoms with E-state index in [9.17, 15) is 14.9 Å². The third kappa shape index (κ3) is 3.00. The lowest BCUT2D eigenvalue weighted by atomic mass is 10.2. The van der Waals surface area contributed by atoms with Gasteiger partial charge >= 0.3 is 5.97 Å². The number of carboxylic acids is 1. The first kappa shape index (κ1) is 13.7. The second-order valence-electron chi connectivity index (χ2n) is 4.50. The molecule has 0 amide bonds. The van der Waals surface area contributed by atoms with Crippen molar-refractivity contribution in [2.75, 3.05) is 11.4 Å². The SMILES string of the molecule is N#Cc1cc([N+](=O)[O-])cnc1N(CCC(=O)O)C1CC1. The summed E-state index contributed by atoms with van der Waals surface area (Å²) in [7, 11) is 0. The van der Waals surface area contributed by atoms with Gasteiger partial charge in [-0.05, 0) is 12.8 Å².